The van der Waals surface area contributed by atoms with Gasteiger partial charge in [-0.3, -0.25) is 0 Å². The van der Waals surface area contributed by atoms with Crippen molar-refractivity contribution in [2.75, 3.05) is 7.05 Å². The Hall–Kier alpha value is -0.860. The van der Waals surface area contributed by atoms with Gasteiger partial charge in [-0.1, -0.05) is 12.1 Å². The van der Waals surface area contributed by atoms with E-state index in [-0.39, 0.29) is 0 Å². The molecule has 0 saturated heterocycles. The van der Waals surface area contributed by atoms with Crippen molar-refractivity contribution in [1.82, 2.24) is 5.32 Å². The zero-order chi connectivity index (χ0) is 9.97. The Morgan fingerprint density at radius 3 is 3.00 bits per heavy atom. The lowest BCUT2D eigenvalue weighted by Gasteiger charge is -2.09. The van der Waals surface area contributed by atoms with Crippen LogP contribution in [0.15, 0.2) is 29.6 Å². The Bertz CT molecular complexity index is 419. The summed E-state index contributed by atoms with van der Waals surface area (Å²) in [5, 5.41) is 6.76. The minimum atomic E-state index is 0.549. The molecule has 0 aliphatic rings. The van der Waals surface area contributed by atoms with Crippen LogP contribution in [-0.2, 0) is 6.42 Å². The van der Waals surface area contributed by atoms with E-state index in [0.717, 1.165) is 6.42 Å². The number of rotatable bonds is 3. The highest BCUT2D eigenvalue weighted by molar-refractivity contribution is 7.17. The Labute approximate surface area is 88.8 Å². The van der Waals surface area contributed by atoms with Gasteiger partial charge in [-0.05, 0) is 48.9 Å². The van der Waals surface area contributed by atoms with Crippen LogP contribution >= 0.6 is 11.3 Å². The molecular formula is C12H15NS. The number of nitrogens with one attached hydrogen (secondary N) is 1. The standard InChI is InChI=1S/C12H15NS/c1-9(13-2)7-10-3-4-11-5-6-14-12(11)8-10/h3-6,8-9,13H,7H2,1-2H3. The van der Waals surface area contributed by atoms with Gasteiger partial charge in [-0.2, -0.15) is 0 Å². The summed E-state index contributed by atoms with van der Waals surface area (Å²) in [5.41, 5.74) is 1.42. The quantitative estimate of drug-likeness (QED) is 0.812. The Kier molecular flexibility index (Phi) is 2.85. The van der Waals surface area contributed by atoms with Gasteiger partial charge in [0.25, 0.3) is 0 Å². The Morgan fingerprint density at radius 2 is 2.21 bits per heavy atom. The number of benzene rings is 1. The average Bonchev–Trinajstić information content (AvgIpc) is 2.64. The van der Waals surface area contributed by atoms with E-state index in [4.69, 9.17) is 0 Å². The number of fused-ring (bicyclic) bond motifs is 1. The van der Waals surface area contributed by atoms with Crippen LogP contribution in [0.5, 0.6) is 0 Å². The molecule has 1 unspecified atom stereocenters. The van der Waals surface area contributed by atoms with Gasteiger partial charge in [0.05, 0.1) is 0 Å². The van der Waals surface area contributed by atoms with E-state index in [2.05, 4.69) is 41.9 Å². The van der Waals surface area contributed by atoms with Gasteiger partial charge in [-0.15, -0.1) is 11.3 Å². The highest BCUT2D eigenvalue weighted by Crippen LogP contribution is 2.22. The summed E-state index contributed by atoms with van der Waals surface area (Å²) in [6, 6.07) is 9.46. The van der Waals surface area contributed by atoms with Gasteiger partial charge >= 0.3 is 0 Å². The summed E-state index contributed by atoms with van der Waals surface area (Å²) in [7, 11) is 2.01. The second-order valence-corrected chi connectivity index (χ2v) is 4.63. The first kappa shape index (κ1) is 9.69. The topological polar surface area (TPSA) is 12.0 Å². The van der Waals surface area contributed by atoms with Crippen molar-refractivity contribution in [2.24, 2.45) is 0 Å². The zero-order valence-electron chi connectivity index (χ0n) is 8.58. The largest absolute Gasteiger partial charge is 0.317 e. The molecule has 0 aliphatic carbocycles. The molecule has 1 aromatic carbocycles. The molecule has 0 amide bonds. The van der Waals surface area contributed by atoms with Crippen LogP contribution in [-0.4, -0.2) is 13.1 Å². The minimum absolute atomic E-state index is 0.549. The highest BCUT2D eigenvalue weighted by atomic mass is 32.1. The molecule has 1 atom stereocenters. The minimum Gasteiger partial charge on any atom is -0.317 e. The molecule has 2 aromatic rings. The van der Waals surface area contributed by atoms with Crippen molar-refractivity contribution in [2.45, 2.75) is 19.4 Å². The van der Waals surface area contributed by atoms with Gasteiger partial charge in [0.15, 0.2) is 0 Å². The van der Waals surface area contributed by atoms with Crippen molar-refractivity contribution >= 4 is 21.4 Å². The van der Waals surface area contributed by atoms with Gasteiger partial charge < -0.3 is 5.32 Å². The summed E-state index contributed by atoms with van der Waals surface area (Å²) in [6.07, 6.45) is 1.10. The van der Waals surface area contributed by atoms with Crippen LogP contribution in [0.2, 0.25) is 0 Å². The van der Waals surface area contributed by atoms with Crippen LogP contribution in [0.25, 0.3) is 10.1 Å². The first-order valence-corrected chi connectivity index (χ1v) is 5.81. The third kappa shape index (κ3) is 1.97. The maximum absolute atomic E-state index is 3.26. The Morgan fingerprint density at radius 1 is 1.36 bits per heavy atom. The molecule has 0 aliphatic heterocycles. The number of likely N-dealkylation sites (N-methyl/N-ethyl adjacent to an activating group) is 1. The maximum Gasteiger partial charge on any atom is 0.0345 e. The summed E-state index contributed by atoms with van der Waals surface area (Å²) in [5.74, 6) is 0. The molecule has 1 heterocycles. The van der Waals surface area contributed by atoms with E-state index in [1.165, 1.54) is 15.6 Å². The van der Waals surface area contributed by atoms with Crippen molar-refractivity contribution in [3.8, 4) is 0 Å². The fourth-order valence-electron chi connectivity index (χ4n) is 1.58. The first-order chi connectivity index (χ1) is 6.79. The molecule has 1 aromatic heterocycles. The van der Waals surface area contributed by atoms with E-state index < -0.39 is 0 Å². The van der Waals surface area contributed by atoms with E-state index >= 15 is 0 Å². The molecule has 1 N–H and O–H groups in total. The van der Waals surface area contributed by atoms with Crippen molar-refractivity contribution < 1.29 is 0 Å². The lowest BCUT2D eigenvalue weighted by Crippen LogP contribution is -2.23. The van der Waals surface area contributed by atoms with E-state index in [0.29, 0.717) is 6.04 Å². The second kappa shape index (κ2) is 4.11. The van der Waals surface area contributed by atoms with E-state index in [9.17, 15) is 0 Å². The Balaban J connectivity index is 2.25. The van der Waals surface area contributed by atoms with Crippen LogP contribution in [0.3, 0.4) is 0 Å². The van der Waals surface area contributed by atoms with Crippen molar-refractivity contribution in [1.29, 1.82) is 0 Å². The van der Waals surface area contributed by atoms with Gasteiger partial charge in [-0.25, -0.2) is 0 Å². The molecule has 74 valence electrons. The normalized spacial score (nSPS) is 13.3. The smallest absolute Gasteiger partial charge is 0.0345 e. The summed E-state index contributed by atoms with van der Waals surface area (Å²) >= 11 is 1.82. The molecule has 2 heteroatoms. The molecule has 0 saturated carbocycles. The molecule has 0 bridgehead atoms. The molecule has 0 radical (unpaired) electrons. The third-order valence-corrected chi connectivity index (χ3v) is 3.43. The molecule has 1 nitrogen and oxygen atoms in total. The zero-order valence-corrected chi connectivity index (χ0v) is 9.40. The molecule has 2 rings (SSSR count). The van der Waals surface area contributed by atoms with Crippen molar-refractivity contribution in [3.05, 3.63) is 35.2 Å². The van der Waals surface area contributed by atoms with Gasteiger partial charge in [0.2, 0.25) is 0 Å². The van der Waals surface area contributed by atoms with E-state index in [1.54, 1.807) is 0 Å². The maximum atomic E-state index is 3.26. The highest BCUT2D eigenvalue weighted by Gasteiger charge is 2.01. The number of hydrogen-bond acceptors (Lipinski definition) is 2. The van der Waals surface area contributed by atoms with Crippen LogP contribution in [0.1, 0.15) is 12.5 Å². The van der Waals surface area contributed by atoms with E-state index in [1.807, 2.05) is 18.4 Å². The van der Waals surface area contributed by atoms with Crippen molar-refractivity contribution in [3.63, 3.8) is 0 Å². The first-order valence-electron chi connectivity index (χ1n) is 4.93. The summed E-state index contributed by atoms with van der Waals surface area (Å²) in [6.45, 7) is 2.21. The number of hydrogen-bond donors (Lipinski definition) is 1. The molecular weight excluding hydrogens is 190 g/mol. The predicted molar refractivity (Wildman–Crippen MR) is 64.1 cm³/mol. The predicted octanol–water partition coefficient (Wildman–Crippen LogP) is 3.05. The SMILES string of the molecule is CNC(C)Cc1ccc2ccsc2c1. The fraction of sp³-hybridized carbons (Fsp3) is 0.333. The number of thiophene rings is 1. The van der Waals surface area contributed by atoms with Gasteiger partial charge in [0, 0.05) is 10.7 Å². The third-order valence-electron chi connectivity index (χ3n) is 2.56. The van der Waals surface area contributed by atoms with Crippen LogP contribution < -0.4 is 5.32 Å². The molecule has 0 spiro atoms. The lowest BCUT2D eigenvalue weighted by molar-refractivity contribution is 0.609. The van der Waals surface area contributed by atoms with Crippen LogP contribution in [0.4, 0.5) is 0 Å². The lowest BCUT2D eigenvalue weighted by atomic mass is 10.1. The molecule has 14 heavy (non-hydrogen) atoms. The monoisotopic (exact) mass is 205 g/mol. The summed E-state index contributed by atoms with van der Waals surface area (Å²) in [4.78, 5) is 0. The summed E-state index contributed by atoms with van der Waals surface area (Å²) < 4.78 is 1.39. The van der Waals surface area contributed by atoms with Gasteiger partial charge in [0.1, 0.15) is 0 Å². The average molecular weight is 205 g/mol. The van der Waals surface area contributed by atoms with Crippen LogP contribution in [0, 0.1) is 0 Å². The molecule has 0 fully saturated rings. The fourth-order valence-corrected chi connectivity index (χ4v) is 2.43. The second-order valence-electron chi connectivity index (χ2n) is 3.69.